The van der Waals surface area contributed by atoms with E-state index in [1.807, 2.05) is 90.7 Å². The molecule has 0 aliphatic carbocycles. The number of nitrogens with zero attached hydrogens (tertiary/aromatic N) is 5. The first-order valence-electron chi connectivity index (χ1n) is 26.7. The second kappa shape index (κ2) is 29.2. The van der Waals surface area contributed by atoms with Crippen LogP contribution in [0.5, 0.6) is 0 Å². The van der Waals surface area contributed by atoms with Crippen LogP contribution in [0, 0.1) is 23.7 Å². The van der Waals surface area contributed by atoms with Crippen molar-refractivity contribution in [3.8, 4) is 0 Å². The molecule has 3 fully saturated rings. The third kappa shape index (κ3) is 16.3. The molecular weight excluding hydrogens is 939 g/mol. The SMILES string of the molecule is CC[C@H](C)[C@@H]([C@@H](CC(=O)N1CCC[C@H]1[C@H](OC)[C@@H](C)C(=O)N[C@H](C(=O)N1CCCCO1)[C@@H](C)c1ccccc1)OC)N(C)C(=O)[C@@H](NC(=O)[C@H](C(C)C)N(C)CCCCCC(=O)ON1C(=O)CCC1=O)C(C)C. The molecule has 10 atom stereocenters. The van der Waals surface area contributed by atoms with Crippen molar-refractivity contribution in [1.29, 1.82) is 0 Å². The average Bonchev–Trinajstić information content (AvgIpc) is 3.99. The van der Waals surface area contributed by atoms with Crippen LogP contribution in [0.15, 0.2) is 30.3 Å². The number of hydrogen-bond acceptors (Lipinski definition) is 13. The van der Waals surface area contributed by atoms with Crippen molar-refractivity contribution in [2.24, 2.45) is 23.7 Å². The van der Waals surface area contributed by atoms with Gasteiger partial charge in [0.05, 0.1) is 49.3 Å². The van der Waals surface area contributed by atoms with E-state index in [1.165, 1.54) is 19.3 Å². The highest BCUT2D eigenvalue weighted by atomic mass is 16.7. The number of hydrogen-bond donors (Lipinski definition) is 2. The minimum absolute atomic E-state index is 0.0306. The van der Waals surface area contributed by atoms with Crippen molar-refractivity contribution in [2.45, 2.75) is 181 Å². The summed E-state index contributed by atoms with van der Waals surface area (Å²) >= 11 is 0. The molecule has 0 radical (unpaired) electrons. The van der Waals surface area contributed by atoms with Crippen LogP contribution in [0.3, 0.4) is 0 Å². The molecule has 4 rings (SSSR count). The van der Waals surface area contributed by atoms with E-state index in [4.69, 9.17) is 19.1 Å². The number of carbonyl (C=O) groups is 8. The first kappa shape index (κ1) is 60.6. The fourth-order valence-corrected chi connectivity index (χ4v) is 10.6. The van der Waals surface area contributed by atoms with Gasteiger partial charge < -0.3 is 34.7 Å². The Labute approximate surface area is 433 Å². The van der Waals surface area contributed by atoms with E-state index in [-0.39, 0.29) is 78.9 Å². The number of likely N-dealkylation sites (N-methyl/N-ethyl adjacent to an activating group) is 2. The molecule has 0 bridgehead atoms. The highest BCUT2D eigenvalue weighted by Crippen LogP contribution is 2.31. The number of methoxy groups -OCH3 is 2. The Balaban J connectivity index is 1.42. The van der Waals surface area contributed by atoms with E-state index >= 15 is 0 Å². The summed E-state index contributed by atoms with van der Waals surface area (Å²) in [6.07, 6.45) is 4.04. The number of nitrogens with one attached hydrogen (secondary N) is 2. The Morgan fingerprint density at radius 3 is 2.03 bits per heavy atom. The van der Waals surface area contributed by atoms with Gasteiger partial charge in [0.25, 0.3) is 17.7 Å². The Kier molecular flexibility index (Phi) is 24.2. The molecule has 0 unspecified atom stereocenters. The second-order valence-corrected chi connectivity index (χ2v) is 21.0. The lowest BCUT2D eigenvalue weighted by molar-refractivity contribution is -0.200. The number of ether oxygens (including phenoxy) is 2. The number of unbranched alkanes of at least 4 members (excludes halogenated alkanes) is 2. The van der Waals surface area contributed by atoms with Gasteiger partial charge in [0.2, 0.25) is 23.6 Å². The number of benzene rings is 1. The lowest BCUT2D eigenvalue weighted by atomic mass is 9.89. The number of likely N-dealkylation sites (tertiary alicyclic amines) is 1. The van der Waals surface area contributed by atoms with Crippen molar-refractivity contribution < 1.29 is 57.5 Å². The molecule has 1 aromatic carbocycles. The van der Waals surface area contributed by atoms with Crippen LogP contribution in [-0.2, 0) is 57.5 Å². The Morgan fingerprint density at radius 1 is 0.795 bits per heavy atom. The zero-order valence-electron chi connectivity index (χ0n) is 45.8. The van der Waals surface area contributed by atoms with Crippen molar-refractivity contribution in [1.82, 2.24) is 35.5 Å². The summed E-state index contributed by atoms with van der Waals surface area (Å²) in [5.41, 5.74) is 0.894. The first-order valence-corrected chi connectivity index (χ1v) is 26.7. The highest BCUT2D eigenvalue weighted by molar-refractivity contribution is 6.01. The minimum Gasteiger partial charge on any atom is -0.379 e. The quantitative estimate of drug-likeness (QED) is 0.0836. The summed E-state index contributed by atoms with van der Waals surface area (Å²) < 4.78 is 12.2. The van der Waals surface area contributed by atoms with Gasteiger partial charge in [-0.25, -0.2) is 9.86 Å². The standard InChI is InChI=1S/C54H87N7O12/c1-13-36(6)49(58(10)53(68)46(34(2)3)55-52(67)48(35(4)5)57(9)29-19-15-18-26-45(65)73-61-42(62)27-28-43(61)63)41(70-11)33-44(64)59-30-22-25-40(59)50(71-12)38(8)51(66)56-47(37(7)39-23-16-14-17-24-39)54(69)60-31-20-21-32-72-60/h14,16-17,23-24,34-38,40-41,46-50H,13,15,18-22,25-33H2,1-12H3,(H,55,67)(H,56,66)/t36-,37-,38+,40-,41+,46-,47-,48-,49-,50+/m0/s1. The molecule has 0 aromatic heterocycles. The van der Waals surface area contributed by atoms with Gasteiger partial charge in [-0.3, -0.25) is 43.3 Å². The maximum Gasteiger partial charge on any atom is 0.333 e. The zero-order chi connectivity index (χ0) is 54.1. The monoisotopic (exact) mass is 1030 g/mol. The minimum atomic E-state index is -0.908. The van der Waals surface area contributed by atoms with Gasteiger partial charge in [-0.15, -0.1) is 5.06 Å². The number of carbonyl (C=O) groups excluding carboxylic acids is 8. The van der Waals surface area contributed by atoms with Crippen LogP contribution in [0.4, 0.5) is 0 Å². The fraction of sp³-hybridized carbons (Fsp3) is 0.741. The van der Waals surface area contributed by atoms with E-state index in [0.29, 0.717) is 69.8 Å². The van der Waals surface area contributed by atoms with Gasteiger partial charge in [-0.1, -0.05) is 98.6 Å². The van der Waals surface area contributed by atoms with Crippen LogP contribution < -0.4 is 10.6 Å². The Hall–Kier alpha value is -4.98. The lowest BCUT2D eigenvalue weighted by Gasteiger charge is -2.41. The van der Waals surface area contributed by atoms with Crippen LogP contribution in [0.1, 0.15) is 144 Å². The van der Waals surface area contributed by atoms with E-state index in [0.717, 1.165) is 18.4 Å². The van der Waals surface area contributed by atoms with Crippen LogP contribution in [-0.4, -0.2) is 169 Å². The smallest absolute Gasteiger partial charge is 0.333 e. The van der Waals surface area contributed by atoms with Crippen LogP contribution >= 0.6 is 0 Å². The van der Waals surface area contributed by atoms with Gasteiger partial charge in [-0.05, 0) is 75.4 Å². The molecule has 73 heavy (non-hydrogen) atoms. The van der Waals surface area contributed by atoms with E-state index in [9.17, 15) is 38.4 Å². The summed E-state index contributed by atoms with van der Waals surface area (Å²) in [5, 5.41) is 8.05. The van der Waals surface area contributed by atoms with Gasteiger partial charge in [0, 0.05) is 59.5 Å². The van der Waals surface area contributed by atoms with Gasteiger partial charge in [-0.2, -0.15) is 0 Å². The maximum absolute atomic E-state index is 14.7. The number of amides is 7. The first-order chi connectivity index (χ1) is 34.7. The number of hydroxylamine groups is 4. The van der Waals surface area contributed by atoms with Crippen molar-refractivity contribution in [3.05, 3.63) is 35.9 Å². The summed E-state index contributed by atoms with van der Waals surface area (Å²) in [6, 6.07) is 6.21. The predicted octanol–water partition coefficient (Wildman–Crippen LogP) is 5.01. The van der Waals surface area contributed by atoms with Crippen molar-refractivity contribution >= 4 is 47.3 Å². The van der Waals surface area contributed by atoms with Crippen LogP contribution in [0.25, 0.3) is 0 Å². The summed E-state index contributed by atoms with van der Waals surface area (Å²) in [5.74, 6) is -4.79. The number of imide groups is 1. The average molecular weight is 1030 g/mol. The fourth-order valence-electron chi connectivity index (χ4n) is 10.6. The molecular formula is C54H87N7O12. The highest BCUT2D eigenvalue weighted by Gasteiger charge is 2.44. The molecule has 410 valence electrons. The summed E-state index contributed by atoms with van der Waals surface area (Å²) in [4.78, 5) is 124. The largest absolute Gasteiger partial charge is 0.379 e. The third-order valence-electron chi connectivity index (χ3n) is 15.1. The van der Waals surface area contributed by atoms with Gasteiger partial charge >= 0.3 is 5.97 Å². The lowest BCUT2D eigenvalue weighted by Crippen LogP contribution is -2.60. The molecule has 0 spiro atoms. The zero-order valence-corrected chi connectivity index (χ0v) is 45.8. The third-order valence-corrected chi connectivity index (χ3v) is 15.1. The maximum atomic E-state index is 14.7. The normalized spacial score (nSPS) is 20.0. The van der Waals surface area contributed by atoms with Crippen LogP contribution in [0.2, 0.25) is 0 Å². The molecule has 1 aromatic rings. The summed E-state index contributed by atoms with van der Waals surface area (Å²) in [7, 11) is 6.63. The molecule has 3 heterocycles. The molecule has 3 saturated heterocycles. The van der Waals surface area contributed by atoms with E-state index in [1.54, 1.807) is 23.8 Å². The molecule has 19 nitrogen and oxygen atoms in total. The van der Waals surface area contributed by atoms with E-state index in [2.05, 4.69) is 10.6 Å². The van der Waals surface area contributed by atoms with E-state index < -0.39 is 66.1 Å². The molecule has 3 aliphatic heterocycles. The Bertz CT molecular complexity index is 1980. The molecule has 19 heteroatoms. The second-order valence-electron chi connectivity index (χ2n) is 21.0. The topological polar surface area (TPSA) is 214 Å². The summed E-state index contributed by atoms with van der Waals surface area (Å²) in [6.45, 7) is 17.2. The van der Waals surface area contributed by atoms with Crippen molar-refractivity contribution in [2.75, 3.05) is 54.6 Å². The predicted molar refractivity (Wildman–Crippen MR) is 273 cm³/mol. The molecule has 0 saturated carbocycles. The van der Waals surface area contributed by atoms with Gasteiger partial charge in [0.1, 0.15) is 12.1 Å². The molecule has 3 aliphatic rings. The number of rotatable bonds is 28. The molecule has 7 amide bonds. The van der Waals surface area contributed by atoms with Crippen molar-refractivity contribution in [3.63, 3.8) is 0 Å². The Morgan fingerprint density at radius 2 is 1.45 bits per heavy atom. The van der Waals surface area contributed by atoms with Gasteiger partial charge in [0.15, 0.2) is 0 Å². The molecule has 2 N–H and O–H groups in total.